The molecule has 1 aromatic carbocycles. The Balaban J connectivity index is 1.94. The van der Waals surface area contributed by atoms with Gasteiger partial charge in [-0.3, -0.25) is 19.0 Å². The lowest BCUT2D eigenvalue weighted by Gasteiger charge is -2.11. The molecule has 2 N–H and O–H groups in total. The summed E-state index contributed by atoms with van der Waals surface area (Å²) in [6, 6.07) is 9.47. The first kappa shape index (κ1) is 24.8. The molecule has 1 unspecified atom stereocenters. The average Bonchev–Trinajstić information content (AvgIpc) is 3.18. The predicted octanol–water partition coefficient (Wildman–Crippen LogP) is 2.81. The Morgan fingerprint density at radius 1 is 1.19 bits per heavy atom. The van der Waals surface area contributed by atoms with E-state index in [1.54, 1.807) is 29.1 Å². The lowest BCUT2D eigenvalue weighted by atomic mass is 10.0. The van der Waals surface area contributed by atoms with Crippen LogP contribution in [0, 0.1) is 5.92 Å². The molecule has 2 rings (SSSR count). The molecule has 0 spiro atoms. The smallest absolute Gasteiger partial charge is 0.316 e. The van der Waals surface area contributed by atoms with Crippen molar-refractivity contribution < 1.29 is 23.1 Å². The second-order valence-corrected chi connectivity index (χ2v) is 9.16. The molecule has 0 radical (unpaired) electrons. The maximum atomic E-state index is 12.4. The van der Waals surface area contributed by atoms with E-state index in [9.17, 15) is 23.1 Å². The van der Waals surface area contributed by atoms with Gasteiger partial charge in [0.05, 0.1) is 18.5 Å². The summed E-state index contributed by atoms with van der Waals surface area (Å²) in [5.74, 6) is -4.49. The van der Waals surface area contributed by atoms with Crippen LogP contribution in [0.5, 0.6) is 0 Å². The number of carboxylic acids is 1. The molecular weight excluding hydrogens is 430 g/mol. The quantitative estimate of drug-likeness (QED) is 0.304. The zero-order valence-electron chi connectivity index (χ0n) is 18.0. The molecule has 0 fully saturated rings. The van der Waals surface area contributed by atoms with Gasteiger partial charge in [-0.05, 0) is 31.4 Å². The van der Waals surface area contributed by atoms with Crippen molar-refractivity contribution >= 4 is 28.0 Å². The Hall–Kier alpha value is -3.46. The highest BCUT2D eigenvalue weighted by molar-refractivity contribution is 7.90. The van der Waals surface area contributed by atoms with Gasteiger partial charge in [0, 0.05) is 6.20 Å². The highest BCUT2D eigenvalue weighted by Gasteiger charge is 2.29. The summed E-state index contributed by atoms with van der Waals surface area (Å²) in [4.78, 5) is 23.9. The summed E-state index contributed by atoms with van der Waals surface area (Å²) in [6.07, 6.45) is 11.3. The fourth-order valence-electron chi connectivity index (χ4n) is 2.67. The number of carboxylic acid groups (broad SMARTS) is 1. The molecule has 1 atom stereocenters. The Morgan fingerprint density at radius 3 is 2.56 bits per heavy atom. The summed E-state index contributed by atoms with van der Waals surface area (Å²) in [5.41, 5.74) is 2.60. The lowest BCUT2D eigenvalue weighted by Crippen LogP contribution is -2.40. The van der Waals surface area contributed by atoms with Crippen molar-refractivity contribution in [3.63, 3.8) is 0 Å². The van der Waals surface area contributed by atoms with Gasteiger partial charge in [-0.25, -0.2) is 8.42 Å². The molecule has 170 valence electrons. The highest BCUT2D eigenvalue weighted by atomic mass is 32.2. The van der Waals surface area contributed by atoms with Gasteiger partial charge in [0.15, 0.2) is 0 Å². The summed E-state index contributed by atoms with van der Waals surface area (Å²) in [6.45, 7) is 4.42. The van der Waals surface area contributed by atoms with Crippen LogP contribution in [0.1, 0.15) is 25.0 Å². The summed E-state index contributed by atoms with van der Waals surface area (Å²) >= 11 is 0. The molecule has 0 aliphatic heterocycles. The van der Waals surface area contributed by atoms with E-state index in [0.29, 0.717) is 12.1 Å². The third-order valence-corrected chi connectivity index (χ3v) is 5.48. The van der Waals surface area contributed by atoms with Gasteiger partial charge in [-0.15, -0.1) is 0 Å². The average molecular weight is 458 g/mol. The van der Waals surface area contributed by atoms with E-state index in [-0.39, 0.29) is 6.42 Å². The normalized spacial score (nSPS) is 12.7. The van der Waals surface area contributed by atoms with E-state index in [0.717, 1.165) is 11.1 Å². The molecule has 0 aliphatic carbocycles. The molecule has 0 saturated heterocycles. The minimum absolute atomic E-state index is 0.166. The second-order valence-electron chi connectivity index (χ2n) is 7.39. The zero-order chi connectivity index (χ0) is 23.6. The van der Waals surface area contributed by atoms with Crippen LogP contribution in [-0.4, -0.2) is 40.9 Å². The molecule has 1 amide bonds. The van der Waals surface area contributed by atoms with Crippen LogP contribution in [0.15, 0.2) is 72.6 Å². The van der Waals surface area contributed by atoms with Gasteiger partial charge < -0.3 is 5.11 Å². The maximum Gasteiger partial charge on any atom is 0.316 e. The SMILES string of the molecule is CC(C)=CCn1cc(CC(C(=O)O)C(=O)NS(=O)(=O)C/C=C/C=Cc2ccccc2)cn1. The van der Waals surface area contributed by atoms with E-state index >= 15 is 0 Å². The first-order valence-corrected chi connectivity index (χ1v) is 11.6. The second kappa shape index (κ2) is 11.8. The fourth-order valence-corrected chi connectivity index (χ4v) is 3.57. The van der Waals surface area contributed by atoms with Gasteiger partial charge in [-0.1, -0.05) is 66.3 Å². The topological polar surface area (TPSA) is 118 Å². The Bertz CT molecular complexity index is 1110. The predicted molar refractivity (Wildman–Crippen MR) is 123 cm³/mol. The van der Waals surface area contributed by atoms with Crippen molar-refractivity contribution in [1.29, 1.82) is 0 Å². The summed E-state index contributed by atoms with van der Waals surface area (Å²) in [5, 5.41) is 13.6. The third-order valence-electron chi connectivity index (χ3n) is 4.33. The number of aromatic nitrogens is 2. The van der Waals surface area contributed by atoms with Crippen molar-refractivity contribution in [3.8, 4) is 0 Å². The Labute approximate surface area is 188 Å². The van der Waals surface area contributed by atoms with E-state index in [2.05, 4.69) is 5.10 Å². The van der Waals surface area contributed by atoms with Crippen LogP contribution in [0.2, 0.25) is 0 Å². The summed E-state index contributed by atoms with van der Waals surface area (Å²) < 4.78 is 27.8. The van der Waals surface area contributed by atoms with Gasteiger partial charge in [0.2, 0.25) is 15.9 Å². The molecule has 0 saturated carbocycles. The van der Waals surface area contributed by atoms with Crippen LogP contribution in [0.3, 0.4) is 0 Å². The van der Waals surface area contributed by atoms with Gasteiger partial charge in [0.25, 0.3) is 0 Å². The van der Waals surface area contributed by atoms with Crippen LogP contribution in [0.25, 0.3) is 6.08 Å². The van der Waals surface area contributed by atoms with Crippen molar-refractivity contribution in [2.75, 3.05) is 5.75 Å². The van der Waals surface area contributed by atoms with Crippen molar-refractivity contribution in [2.24, 2.45) is 5.92 Å². The number of amides is 1. The summed E-state index contributed by atoms with van der Waals surface area (Å²) in [7, 11) is -4.02. The number of carbonyl (C=O) groups is 2. The highest BCUT2D eigenvalue weighted by Crippen LogP contribution is 2.10. The maximum absolute atomic E-state index is 12.4. The molecule has 1 heterocycles. The van der Waals surface area contributed by atoms with Gasteiger partial charge >= 0.3 is 5.97 Å². The Kier molecular flexibility index (Phi) is 9.15. The molecule has 0 aliphatic rings. The van der Waals surface area contributed by atoms with Crippen molar-refractivity contribution in [3.05, 3.63) is 83.7 Å². The molecular formula is C23H27N3O5S. The first-order chi connectivity index (χ1) is 15.2. The molecule has 8 nitrogen and oxygen atoms in total. The number of nitrogens with zero attached hydrogens (tertiary/aromatic N) is 2. The van der Waals surface area contributed by atoms with E-state index in [4.69, 9.17) is 0 Å². The standard InChI is InChI=1S/C23H27N3O5S/c1-18(2)12-13-26-17-20(16-24-26)15-21(23(28)29)22(27)25-32(30,31)14-8-4-7-11-19-9-5-3-6-10-19/h3-12,16-17,21H,13-15H2,1-2H3,(H,25,27)(H,28,29)/b8-4+,11-7?. The fraction of sp³-hybridized carbons (Fsp3) is 0.261. The first-order valence-electron chi connectivity index (χ1n) is 9.96. The van der Waals surface area contributed by atoms with Crippen molar-refractivity contribution in [2.45, 2.75) is 26.8 Å². The number of sulfonamides is 1. The number of benzene rings is 1. The molecule has 9 heteroatoms. The number of rotatable bonds is 11. The number of aliphatic carboxylic acids is 1. The van der Waals surface area contributed by atoms with Crippen LogP contribution >= 0.6 is 0 Å². The van der Waals surface area contributed by atoms with E-state index in [1.807, 2.05) is 55.0 Å². The number of hydrogen-bond donors (Lipinski definition) is 2. The minimum Gasteiger partial charge on any atom is -0.481 e. The molecule has 1 aromatic heterocycles. The van der Waals surface area contributed by atoms with Crippen LogP contribution < -0.4 is 4.72 Å². The largest absolute Gasteiger partial charge is 0.481 e. The number of allylic oxidation sites excluding steroid dienone is 4. The van der Waals surface area contributed by atoms with Gasteiger partial charge in [-0.2, -0.15) is 5.10 Å². The lowest BCUT2D eigenvalue weighted by molar-refractivity contribution is -0.146. The minimum atomic E-state index is -4.02. The third kappa shape index (κ3) is 8.73. The molecule has 0 bridgehead atoms. The molecule has 32 heavy (non-hydrogen) atoms. The van der Waals surface area contributed by atoms with Crippen molar-refractivity contribution in [1.82, 2.24) is 14.5 Å². The molecule has 2 aromatic rings. The zero-order valence-corrected chi connectivity index (χ0v) is 18.8. The van der Waals surface area contributed by atoms with Crippen LogP contribution in [-0.2, 0) is 32.6 Å². The number of hydrogen-bond acceptors (Lipinski definition) is 5. The number of nitrogens with one attached hydrogen (secondary N) is 1. The van der Waals surface area contributed by atoms with E-state index < -0.39 is 33.6 Å². The Morgan fingerprint density at radius 2 is 1.91 bits per heavy atom. The van der Waals surface area contributed by atoms with Crippen LogP contribution in [0.4, 0.5) is 0 Å². The van der Waals surface area contributed by atoms with Gasteiger partial charge in [0.1, 0.15) is 5.92 Å². The van der Waals surface area contributed by atoms with E-state index in [1.165, 1.54) is 12.3 Å². The monoisotopic (exact) mass is 457 g/mol. The number of carbonyl (C=O) groups excluding carboxylic acids is 1.